The number of carbonyl (C=O) groups excluding carboxylic acids is 1. The van der Waals surface area contributed by atoms with Crippen molar-refractivity contribution in [3.05, 3.63) is 24.3 Å². The number of piperidine rings is 1. The second kappa shape index (κ2) is 6.53. The van der Waals surface area contributed by atoms with Crippen LogP contribution in [-0.4, -0.2) is 59.2 Å². The maximum Gasteiger partial charge on any atom is 0.271 e. The average Bonchev–Trinajstić information content (AvgIpc) is 3.39. The molecule has 0 bridgehead atoms. The molecule has 6 heteroatoms. The predicted molar refractivity (Wildman–Crippen MR) is 84.9 cm³/mol. The number of nitrogens with one attached hydrogen (secondary N) is 1. The summed E-state index contributed by atoms with van der Waals surface area (Å²) >= 11 is 0. The van der Waals surface area contributed by atoms with Crippen molar-refractivity contribution in [2.45, 2.75) is 37.8 Å². The Bertz CT molecular complexity index is 549. The molecule has 1 N–H and O–H groups in total. The van der Waals surface area contributed by atoms with E-state index < -0.39 is 0 Å². The number of rotatable bonds is 4. The zero-order valence-electron chi connectivity index (χ0n) is 13.4. The van der Waals surface area contributed by atoms with E-state index in [1.165, 1.54) is 32.0 Å². The summed E-state index contributed by atoms with van der Waals surface area (Å²) in [6, 6.07) is 0.0438. The van der Waals surface area contributed by atoms with Crippen molar-refractivity contribution in [3.63, 3.8) is 0 Å². The zero-order chi connectivity index (χ0) is 15.6. The highest BCUT2D eigenvalue weighted by Crippen LogP contribution is 2.34. The Hall–Kier alpha value is -1.53. The molecule has 0 aromatic carbocycles. The molecule has 2 aliphatic heterocycles. The first-order valence-corrected chi connectivity index (χ1v) is 8.70. The highest BCUT2D eigenvalue weighted by Gasteiger charge is 2.41. The van der Waals surface area contributed by atoms with Crippen molar-refractivity contribution in [1.29, 1.82) is 0 Å². The van der Waals surface area contributed by atoms with Gasteiger partial charge in [-0.25, -0.2) is 4.98 Å². The minimum absolute atomic E-state index is 0.0438. The quantitative estimate of drug-likeness (QED) is 0.901. The van der Waals surface area contributed by atoms with Crippen molar-refractivity contribution in [2.24, 2.45) is 11.8 Å². The minimum atomic E-state index is -0.149. The van der Waals surface area contributed by atoms with Crippen LogP contribution in [0, 0.1) is 11.8 Å². The number of nitrogens with zero attached hydrogens (tertiary/aromatic N) is 3. The minimum Gasteiger partial charge on any atom is -0.376 e. The van der Waals surface area contributed by atoms with Crippen LogP contribution in [0.4, 0.5) is 0 Å². The molecule has 3 fully saturated rings. The number of fused-ring (bicyclic) bond motifs is 1. The molecular formula is C17H24N4O2. The van der Waals surface area contributed by atoms with Crippen molar-refractivity contribution < 1.29 is 9.53 Å². The Morgan fingerprint density at radius 1 is 1.30 bits per heavy atom. The van der Waals surface area contributed by atoms with Gasteiger partial charge in [0.05, 0.1) is 18.3 Å². The lowest BCUT2D eigenvalue weighted by Gasteiger charge is -2.46. The monoisotopic (exact) mass is 316 g/mol. The van der Waals surface area contributed by atoms with E-state index in [0.717, 1.165) is 32.0 Å². The molecule has 23 heavy (non-hydrogen) atoms. The summed E-state index contributed by atoms with van der Waals surface area (Å²) in [5.74, 6) is 1.25. The topological polar surface area (TPSA) is 67.4 Å². The van der Waals surface area contributed by atoms with Gasteiger partial charge < -0.3 is 15.0 Å². The van der Waals surface area contributed by atoms with Gasteiger partial charge in [0.15, 0.2) is 0 Å². The van der Waals surface area contributed by atoms with Crippen LogP contribution in [0.15, 0.2) is 18.6 Å². The number of likely N-dealkylation sites (tertiary alicyclic amines) is 1. The molecule has 124 valence electrons. The molecule has 0 radical (unpaired) electrons. The largest absolute Gasteiger partial charge is 0.376 e. The van der Waals surface area contributed by atoms with Crippen LogP contribution in [0.2, 0.25) is 0 Å². The lowest BCUT2D eigenvalue weighted by molar-refractivity contribution is -0.0839. The summed E-state index contributed by atoms with van der Waals surface area (Å²) in [6.07, 6.45) is 9.82. The van der Waals surface area contributed by atoms with Gasteiger partial charge in [0, 0.05) is 38.6 Å². The van der Waals surface area contributed by atoms with Gasteiger partial charge in [0.2, 0.25) is 0 Å². The second-order valence-electron chi connectivity index (χ2n) is 7.07. The highest BCUT2D eigenvalue weighted by atomic mass is 16.5. The van der Waals surface area contributed by atoms with E-state index >= 15 is 0 Å². The third-order valence-electron chi connectivity index (χ3n) is 5.16. The van der Waals surface area contributed by atoms with Crippen molar-refractivity contribution in [3.8, 4) is 0 Å². The van der Waals surface area contributed by atoms with Gasteiger partial charge in [-0.1, -0.05) is 0 Å². The van der Waals surface area contributed by atoms with Gasteiger partial charge in [-0.15, -0.1) is 0 Å². The van der Waals surface area contributed by atoms with Gasteiger partial charge in [-0.3, -0.25) is 9.78 Å². The summed E-state index contributed by atoms with van der Waals surface area (Å²) in [4.78, 5) is 23.0. The van der Waals surface area contributed by atoms with Crippen molar-refractivity contribution in [2.75, 3.05) is 26.2 Å². The fourth-order valence-electron chi connectivity index (χ4n) is 3.89. The molecule has 6 nitrogen and oxygen atoms in total. The number of hydrogen-bond donors (Lipinski definition) is 1. The molecule has 3 heterocycles. The summed E-state index contributed by atoms with van der Waals surface area (Å²) in [5.41, 5.74) is 0.374. The van der Waals surface area contributed by atoms with E-state index in [0.29, 0.717) is 11.6 Å². The molecular weight excluding hydrogens is 292 g/mol. The van der Waals surface area contributed by atoms with Gasteiger partial charge in [0.25, 0.3) is 5.91 Å². The fraction of sp³-hybridized carbons (Fsp3) is 0.706. The predicted octanol–water partition coefficient (Wildman–Crippen LogP) is 1.10. The van der Waals surface area contributed by atoms with Crippen molar-refractivity contribution in [1.82, 2.24) is 20.2 Å². The molecule has 1 aliphatic carbocycles. The number of carbonyl (C=O) groups is 1. The molecule has 1 amide bonds. The lowest BCUT2D eigenvalue weighted by atomic mass is 9.85. The number of ether oxygens (including phenoxy) is 1. The molecule has 3 atom stereocenters. The van der Waals surface area contributed by atoms with Gasteiger partial charge in [-0.05, 0) is 37.5 Å². The maximum absolute atomic E-state index is 12.4. The van der Waals surface area contributed by atoms with Crippen LogP contribution >= 0.6 is 0 Å². The normalized spacial score (nSPS) is 31.4. The standard InChI is InChI=1S/C17H24N4O2/c22-17(14-8-18-5-6-19-14)20-15-11-21(9-12-3-4-12)10-13-2-1-7-23-16(13)15/h5-6,8,12-13,15-16H,1-4,7,9-11H2,(H,20,22)/t13-,15+,16-/m0/s1. The molecule has 4 rings (SSSR count). The molecule has 1 aromatic heterocycles. The smallest absolute Gasteiger partial charge is 0.271 e. The van der Waals surface area contributed by atoms with Crippen LogP contribution in [-0.2, 0) is 4.74 Å². The first kappa shape index (κ1) is 15.0. The Labute approximate surface area is 136 Å². The van der Waals surface area contributed by atoms with Crippen LogP contribution in [0.5, 0.6) is 0 Å². The Balaban J connectivity index is 1.45. The van der Waals surface area contributed by atoms with E-state index in [2.05, 4.69) is 20.2 Å². The number of hydrogen-bond acceptors (Lipinski definition) is 5. The first-order chi connectivity index (χ1) is 11.3. The molecule has 3 aliphatic rings. The van der Waals surface area contributed by atoms with E-state index in [1.807, 2.05) is 0 Å². The number of aromatic nitrogens is 2. The molecule has 0 spiro atoms. The Morgan fingerprint density at radius 2 is 2.22 bits per heavy atom. The second-order valence-corrected chi connectivity index (χ2v) is 7.07. The zero-order valence-corrected chi connectivity index (χ0v) is 13.4. The van der Waals surface area contributed by atoms with E-state index in [9.17, 15) is 4.79 Å². The summed E-state index contributed by atoms with van der Waals surface area (Å²) in [7, 11) is 0. The summed E-state index contributed by atoms with van der Waals surface area (Å²) in [5, 5.41) is 3.15. The van der Waals surface area contributed by atoms with E-state index in [4.69, 9.17) is 4.74 Å². The molecule has 1 aromatic rings. The summed E-state index contributed by atoms with van der Waals surface area (Å²) < 4.78 is 6.02. The van der Waals surface area contributed by atoms with E-state index in [-0.39, 0.29) is 18.1 Å². The lowest BCUT2D eigenvalue weighted by Crippen LogP contribution is -2.61. The van der Waals surface area contributed by atoms with Crippen LogP contribution in [0.25, 0.3) is 0 Å². The highest BCUT2D eigenvalue weighted by molar-refractivity contribution is 5.92. The van der Waals surface area contributed by atoms with Crippen LogP contribution < -0.4 is 5.32 Å². The third kappa shape index (κ3) is 3.53. The SMILES string of the molecule is O=C(N[C@@H]1CN(CC2CC2)C[C@@H]2CCCO[C@@H]21)c1cnccn1. The number of amides is 1. The van der Waals surface area contributed by atoms with Gasteiger partial charge in [0.1, 0.15) is 5.69 Å². The molecule has 2 saturated heterocycles. The molecule has 1 saturated carbocycles. The summed E-state index contributed by atoms with van der Waals surface area (Å²) in [6.45, 7) is 3.96. The maximum atomic E-state index is 12.4. The van der Waals surface area contributed by atoms with Crippen LogP contribution in [0.1, 0.15) is 36.2 Å². The van der Waals surface area contributed by atoms with Gasteiger partial charge >= 0.3 is 0 Å². The average molecular weight is 316 g/mol. The van der Waals surface area contributed by atoms with Crippen molar-refractivity contribution >= 4 is 5.91 Å². The van der Waals surface area contributed by atoms with Gasteiger partial charge in [-0.2, -0.15) is 0 Å². The van der Waals surface area contributed by atoms with Crippen LogP contribution in [0.3, 0.4) is 0 Å². The van der Waals surface area contributed by atoms with E-state index in [1.54, 1.807) is 12.4 Å². The Morgan fingerprint density at radius 3 is 3.00 bits per heavy atom. The molecule has 0 unspecified atom stereocenters. The first-order valence-electron chi connectivity index (χ1n) is 8.70. The third-order valence-corrected chi connectivity index (χ3v) is 5.16. The Kier molecular flexibility index (Phi) is 4.27. The fourth-order valence-corrected chi connectivity index (χ4v) is 3.89.